The first-order valence-electron chi connectivity index (χ1n) is 5.30. The topological polar surface area (TPSA) is 60.4 Å². The van der Waals surface area contributed by atoms with Crippen molar-refractivity contribution in [2.45, 2.75) is 25.3 Å². The molecule has 0 aromatic heterocycles. The van der Waals surface area contributed by atoms with Gasteiger partial charge in [-0.1, -0.05) is 25.5 Å². The van der Waals surface area contributed by atoms with Gasteiger partial charge in [-0.15, -0.1) is 0 Å². The minimum Gasteiger partial charge on any atom is -0.375 e. The van der Waals surface area contributed by atoms with Crippen LogP contribution in [0.2, 0.25) is 0 Å². The highest BCUT2D eigenvalue weighted by Gasteiger charge is 2.49. The molecule has 0 aliphatic heterocycles. The van der Waals surface area contributed by atoms with Crippen LogP contribution in [0.5, 0.6) is 5.75 Å². The first kappa shape index (κ1) is 15.5. The van der Waals surface area contributed by atoms with Gasteiger partial charge in [-0.3, -0.25) is 4.79 Å². The van der Waals surface area contributed by atoms with E-state index in [-0.39, 0.29) is 17.4 Å². The molecule has 0 amide bonds. The maximum Gasteiger partial charge on any atom is 0.534 e. The van der Waals surface area contributed by atoms with Crippen LogP contribution in [-0.2, 0) is 16.5 Å². The van der Waals surface area contributed by atoms with Crippen molar-refractivity contribution in [3.8, 4) is 5.75 Å². The zero-order chi connectivity index (χ0) is 14.7. The summed E-state index contributed by atoms with van der Waals surface area (Å²) in [6.07, 6.45) is 1.11. The van der Waals surface area contributed by atoms with Crippen LogP contribution in [0.4, 0.5) is 13.2 Å². The predicted octanol–water partition coefficient (Wildman–Crippen LogP) is 2.68. The van der Waals surface area contributed by atoms with Crippen molar-refractivity contribution in [1.29, 1.82) is 0 Å². The molecule has 1 rings (SSSR count). The summed E-state index contributed by atoms with van der Waals surface area (Å²) in [5.74, 6) is -0.559. The van der Waals surface area contributed by atoms with E-state index < -0.39 is 21.4 Å². The molecule has 0 radical (unpaired) electrons. The summed E-state index contributed by atoms with van der Waals surface area (Å²) in [5, 5.41) is 0. The van der Waals surface area contributed by atoms with Crippen LogP contribution >= 0.6 is 0 Å². The molecule has 1 aromatic carbocycles. The van der Waals surface area contributed by atoms with Crippen LogP contribution in [-0.4, -0.2) is 20.2 Å². The average molecular weight is 296 g/mol. The molecule has 0 spiro atoms. The molecule has 0 aliphatic rings. The van der Waals surface area contributed by atoms with E-state index in [1.54, 1.807) is 6.92 Å². The van der Waals surface area contributed by atoms with Crippen LogP contribution in [0.1, 0.15) is 29.3 Å². The van der Waals surface area contributed by atoms with Gasteiger partial charge in [-0.05, 0) is 18.1 Å². The van der Waals surface area contributed by atoms with Crippen LogP contribution in [0.15, 0.2) is 18.2 Å². The third-order valence-corrected chi connectivity index (χ3v) is 3.20. The fraction of sp³-hybridized carbons (Fsp3) is 0.364. The molecule has 4 nitrogen and oxygen atoms in total. The Morgan fingerprint density at radius 2 is 1.95 bits per heavy atom. The van der Waals surface area contributed by atoms with Gasteiger partial charge in [0.05, 0.1) is 5.56 Å². The van der Waals surface area contributed by atoms with E-state index in [4.69, 9.17) is 0 Å². The number of halogens is 3. The highest BCUT2D eigenvalue weighted by atomic mass is 32.2. The maximum absolute atomic E-state index is 12.3. The predicted molar refractivity (Wildman–Crippen MR) is 61.4 cm³/mol. The van der Waals surface area contributed by atoms with Crippen LogP contribution in [0.25, 0.3) is 0 Å². The zero-order valence-electron chi connectivity index (χ0n) is 9.90. The number of para-hydroxylation sites is 1. The van der Waals surface area contributed by atoms with Gasteiger partial charge in [-0.25, -0.2) is 0 Å². The Bertz CT molecular complexity index is 564. The Morgan fingerprint density at radius 3 is 2.42 bits per heavy atom. The highest BCUT2D eigenvalue weighted by Crippen LogP contribution is 2.31. The number of alkyl halides is 3. The molecule has 0 bridgehead atoms. The SMILES string of the molecule is CCCc1cccc(C=O)c1OS(=O)(=O)C(F)(F)F. The number of carbonyl (C=O) groups excluding carboxylic acids is 1. The van der Waals surface area contributed by atoms with Crippen molar-refractivity contribution in [3.63, 3.8) is 0 Å². The second-order valence-electron chi connectivity index (χ2n) is 3.69. The number of aldehydes is 1. The second kappa shape index (κ2) is 5.60. The van der Waals surface area contributed by atoms with Crippen LogP contribution < -0.4 is 4.18 Å². The van der Waals surface area contributed by atoms with Gasteiger partial charge in [0.1, 0.15) is 0 Å². The van der Waals surface area contributed by atoms with Crippen LogP contribution in [0, 0.1) is 0 Å². The molecule has 8 heteroatoms. The molecule has 19 heavy (non-hydrogen) atoms. The number of carbonyl (C=O) groups is 1. The Balaban J connectivity index is 3.30. The lowest BCUT2D eigenvalue weighted by Gasteiger charge is -2.14. The van der Waals surface area contributed by atoms with Gasteiger partial charge in [-0.2, -0.15) is 21.6 Å². The van der Waals surface area contributed by atoms with E-state index in [0.29, 0.717) is 12.8 Å². The van der Waals surface area contributed by atoms with Gasteiger partial charge >= 0.3 is 15.6 Å². The molecule has 0 N–H and O–H groups in total. The third-order valence-electron chi connectivity index (χ3n) is 2.25. The summed E-state index contributed by atoms with van der Waals surface area (Å²) in [4.78, 5) is 10.8. The van der Waals surface area contributed by atoms with Crippen molar-refractivity contribution in [2.75, 3.05) is 0 Å². The van der Waals surface area contributed by atoms with E-state index in [0.717, 1.165) is 0 Å². The summed E-state index contributed by atoms with van der Waals surface area (Å²) in [5.41, 5.74) is -5.54. The van der Waals surface area contributed by atoms with Crippen molar-refractivity contribution in [2.24, 2.45) is 0 Å². The number of rotatable bonds is 5. The molecule has 0 saturated carbocycles. The fourth-order valence-corrected chi connectivity index (χ4v) is 1.94. The van der Waals surface area contributed by atoms with E-state index in [9.17, 15) is 26.4 Å². The summed E-state index contributed by atoms with van der Waals surface area (Å²) in [6, 6.07) is 4.05. The number of aryl methyl sites for hydroxylation is 1. The Hall–Kier alpha value is -1.57. The lowest BCUT2D eigenvalue weighted by atomic mass is 10.1. The van der Waals surface area contributed by atoms with Gasteiger partial charge in [0.15, 0.2) is 12.0 Å². The average Bonchev–Trinajstić information content (AvgIpc) is 2.30. The number of hydrogen-bond acceptors (Lipinski definition) is 4. The minimum atomic E-state index is -5.78. The Kier molecular flexibility index (Phi) is 4.56. The Labute approximate surface area is 108 Å². The van der Waals surface area contributed by atoms with E-state index in [1.807, 2.05) is 0 Å². The zero-order valence-corrected chi connectivity index (χ0v) is 10.7. The highest BCUT2D eigenvalue weighted by molar-refractivity contribution is 7.88. The van der Waals surface area contributed by atoms with Crippen molar-refractivity contribution >= 4 is 16.4 Å². The molecule has 0 saturated heterocycles. The minimum absolute atomic E-state index is 0.236. The summed E-state index contributed by atoms with van der Waals surface area (Å²) < 4.78 is 62.9. The van der Waals surface area contributed by atoms with Crippen molar-refractivity contribution < 1.29 is 30.6 Å². The molecule has 0 heterocycles. The lowest BCUT2D eigenvalue weighted by molar-refractivity contribution is -0.0500. The number of hydrogen-bond donors (Lipinski definition) is 0. The lowest BCUT2D eigenvalue weighted by Crippen LogP contribution is -2.28. The quantitative estimate of drug-likeness (QED) is 0.476. The second-order valence-corrected chi connectivity index (χ2v) is 5.22. The first-order valence-corrected chi connectivity index (χ1v) is 6.71. The van der Waals surface area contributed by atoms with E-state index in [2.05, 4.69) is 4.18 Å². The summed E-state index contributed by atoms with van der Waals surface area (Å²) in [6.45, 7) is 1.76. The number of benzene rings is 1. The standard InChI is InChI=1S/C11H11F3O4S/c1-2-4-8-5-3-6-9(7-15)10(8)18-19(16,17)11(12,13)14/h3,5-7H,2,4H2,1H3. The smallest absolute Gasteiger partial charge is 0.375 e. The largest absolute Gasteiger partial charge is 0.534 e. The molecule has 0 aliphatic carbocycles. The normalized spacial score (nSPS) is 12.2. The van der Waals surface area contributed by atoms with Gasteiger partial charge in [0.2, 0.25) is 0 Å². The molecule has 106 valence electrons. The summed E-state index contributed by atoms with van der Waals surface area (Å²) >= 11 is 0. The van der Waals surface area contributed by atoms with Crippen molar-refractivity contribution in [3.05, 3.63) is 29.3 Å². The molecular weight excluding hydrogens is 285 g/mol. The monoisotopic (exact) mass is 296 g/mol. The fourth-order valence-electron chi connectivity index (χ4n) is 1.42. The first-order chi connectivity index (χ1) is 8.73. The molecule has 0 atom stereocenters. The molecule has 0 unspecified atom stereocenters. The van der Waals surface area contributed by atoms with E-state index in [1.165, 1.54) is 18.2 Å². The molecular formula is C11H11F3O4S. The summed E-state index contributed by atoms with van der Waals surface area (Å²) in [7, 11) is -5.78. The van der Waals surface area contributed by atoms with Gasteiger partial charge in [0, 0.05) is 0 Å². The van der Waals surface area contributed by atoms with Crippen molar-refractivity contribution in [1.82, 2.24) is 0 Å². The molecule has 1 aromatic rings. The molecule has 0 fully saturated rings. The van der Waals surface area contributed by atoms with Gasteiger partial charge < -0.3 is 4.18 Å². The maximum atomic E-state index is 12.3. The third kappa shape index (κ3) is 3.46. The van der Waals surface area contributed by atoms with E-state index >= 15 is 0 Å². The Morgan fingerprint density at radius 1 is 1.32 bits per heavy atom. The van der Waals surface area contributed by atoms with Gasteiger partial charge in [0.25, 0.3) is 0 Å². The van der Waals surface area contributed by atoms with Crippen LogP contribution in [0.3, 0.4) is 0 Å².